The Hall–Kier alpha value is -1.01. The average Bonchev–Trinajstić information content (AvgIpc) is 2.59. The molecule has 1 atom stereocenters. The molecule has 1 unspecified atom stereocenters. The topological polar surface area (TPSA) is 92.0 Å². The lowest BCUT2D eigenvalue weighted by Crippen LogP contribution is -2.31. The van der Waals surface area contributed by atoms with Crippen molar-refractivity contribution in [2.45, 2.75) is 6.04 Å². The number of rotatable bonds is 2. The number of carboxylic acids is 1. The first kappa shape index (κ1) is 11.0. The van der Waals surface area contributed by atoms with Gasteiger partial charge in [-0.05, 0) is 0 Å². The van der Waals surface area contributed by atoms with Crippen LogP contribution in [0.3, 0.4) is 0 Å². The number of hydrogen-bond acceptors (Lipinski definition) is 4. The number of nitrogens with two attached hydrogens (primary N) is 1. The molecule has 0 spiro atoms. The van der Waals surface area contributed by atoms with E-state index in [0.29, 0.717) is 0 Å². The third kappa shape index (κ3) is 5.75. The fourth-order valence-electron chi connectivity index (χ4n) is 0.293. The summed E-state index contributed by atoms with van der Waals surface area (Å²) in [5, 5.41) is 8.01. The van der Waals surface area contributed by atoms with Crippen LogP contribution in [0.5, 0.6) is 0 Å². The second-order valence-electron chi connectivity index (χ2n) is 1.89. The molecule has 0 saturated carbocycles. The quantitative estimate of drug-likeness (QED) is 0.482. The summed E-state index contributed by atoms with van der Waals surface area (Å²) in [5.74, 6) is -0.815. The maximum absolute atomic E-state index is 9.76. The van der Waals surface area contributed by atoms with Crippen LogP contribution in [0.4, 0.5) is 0 Å². The molecule has 1 heterocycles. The molecule has 0 amide bonds. The second-order valence-corrected chi connectivity index (χ2v) is 2.25. The van der Waals surface area contributed by atoms with Crippen LogP contribution in [0.25, 0.3) is 0 Å². The summed E-state index contributed by atoms with van der Waals surface area (Å²) in [5.41, 5.74) is 4.94. The molecule has 0 bridgehead atoms. The largest absolute Gasteiger partial charge is 0.480 e. The first-order valence-electron chi connectivity index (χ1n) is 3.20. The van der Waals surface area contributed by atoms with Crippen LogP contribution < -0.4 is 5.73 Å². The van der Waals surface area contributed by atoms with Gasteiger partial charge in [-0.15, -0.1) is 0 Å². The summed E-state index contributed by atoms with van der Waals surface area (Å²) in [6.45, 7) is 0. The van der Waals surface area contributed by atoms with Crippen LogP contribution >= 0.6 is 12.6 Å². The van der Waals surface area contributed by atoms with Gasteiger partial charge >= 0.3 is 5.97 Å². The van der Waals surface area contributed by atoms with E-state index in [9.17, 15) is 4.79 Å². The molecule has 4 N–H and O–H groups in total. The molecule has 0 saturated heterocycles. The van der Waals surface area contributed by atoms with Gasteiger partial charge in [0.05, 0.1) is 6.33 Å². The van der Waals surface area contributed by atoms with Gasteiger partial charge in [-0.25, -0.2) is 4.98 Å². The van der Waals surface area contributed by atoms with E-state index in [0.717, 1.165) is 0 Å². The third-order valence-electron chi connectivity index (χ3n) is 0.920. The molecule has 1 aromatic rings. The van der Waals surface area contributed by atoms with E-state index in [1.54, 1.807) is 18.7 Å². The summed E-state index contributed by atoms with van der Waals surface area (Å²) < 4.78 is 0. The van der Waals surface area contributed by atoms with Crippen molar-refractivity contribution >= 4 is 18.6 Å². The van der Waals surface area contributed by atoms with Gasteiger partial charge in [-0.2, -0.15) is 12.6 Å². The summed E-state index contributed by atoms with van der Waals surface area (Å²) in [7, 11) is 0. The van der Waals surface area contributed by atoms with E-state index in [1.165, 1.54) is 0 Å². The molecule has 12 heavy (non-hydrogen) atoms. The number of aromatic amines is 1. The Labute approximate surface area is 75.4 Å². The highest BCUT2D eigenvalue weighted by atomic mass is 32.1. The molecule has 0 radical (unpaired) electrons. The van der Waals surface area contributed by atoms with Crippen molar-refractivity contribution in [1.82, 2.24) is 9.97 Å². The van der Waals surface area contributed by atoms with Crippen molar-refractivity contribution in [1.29, 1.82) is 0 Å². The molecule has 1 aromatic heterocycles. The molecule has 68 valence electrons. The molecule has 0 aliphatic heterocycles. The van der Waals surface area contributed by atoms with Gasteiger partial charge in [0, 0.05) is 18.1 Å². The van der Waals surface area contributed by atoms with Crippen molar-refractivity contribution in [3.05, 3.63) is 18.7 Å². The molecule has 0 fully saturated rings. The van der Waals surface area contributed by atoms with Crippen LogP contribution in [-0.2, 0) is 4.79 Å². The lowest BCUT2D eigenvalue weighted by molar-refractivity contribution is -0.137. The lowest BCUT2D eigenvalue weighted by atomic mass is 10.4. The SMILES string of the molecule is NC(CS)C(=O)O.c1c[nH]cn1. The van der Waals surface area contributed by atoms with Gasteiger partial charge in [-0.3, -0.25) is 4.79 Å². The number of thiol groups is 1. The number of nitrogens with zero attached hydrogens (tertiary/aromatic N) is 1. The molecule has 5 nitrogen and oxygen atoms in total. The number of nitrogens with one attached hydrogen (secondary N) is 1. The Kier molecular flexibility index (Phi) is 6.12. The Morgan fingerprint density at radius 1 is 1.83 bits per heavy atom. The number of carbonyl (C=O) groups is 1. The van der Waals surface area contributed by atoms with Crippen molar-refractivity contribution < 1.29 is 9.90 Å². The number of H-pyrrole nitrogens is 1. The number of hydrogen-bond donors (Lipinski definition) is 4. The fraction of sp³-hybridized carbons (Fsp3) is 0.333. The smallest absolute Gasteiger partial charge is 0.321 e. The van der Waals surface area contributed by atoms with E-state index in [1.807, 2.05) is 0 Å². The predicted octanol–water partition coefficient (Wildman–Crippen LogP) is -0.262. The van der Waals surface area contributed by atoms with Crippen LogP contribution in [0.1, 0.15) is 0 Å². The molecular weight excluding hydrogens is 178 g/mol. The van der Waals surface area contributed by atoms with Crippen LogP contribution in [0.2, 0.25) is 0 Å². The van der Waals surface area contributed by atoms with E-state index in [2.05, 4.69) is 22.6 Å². The highest BCUT2D eigenvalue weighted by molar-refractivity contribution is 7.80. The Bertz CT molecular complexity index is 185. The minimum Gasteiger partial charge on any atom is -0.480 e. The highest BCUT2D eigenvalue weighted by Crippen LogP contribution is 1.80. The third-order valence-corrected chi connectivity index (χ3v) is 1.31. The van der Waals surface area contributed by atoms with E-state index in [-0.39, 0.29) is 5.75 Å². The van der Waals surface area contributed by atoms with E-state index < -0.39 is 12.0 Å². The Morgan fingerprint density at radius 2 is 2.50 bits per heavy atom. The molecule has 0 aromatic carbocycles. The molecule has 0 aliphatic rings. The molecule has 0 aliphatic carbocycles. The standard InChI is InChI=1S/C3H4N2.C3H7NO2S/c1-2-5-3-4-1;4-2(1-7)3(5)6/h1-3H,(H,4,5);2,7H,1,4H2,(H,5,6). The van der Waals surface area contributed by atoms with Gasteiger partial charge in [-0.1, -0.05) is 0 Å². The molecule has 1 rings (SSSR count). The highest BCUT2D eigenvalue weighted by Gasteiger charge is 2.06. The lowest BCUT2D eigenvalue weighted by Gasteiger charge is -1.96. The van der Waals surface area contributed by atoms with Crippen molar-refractivity contribution in [3.8, 4) is 0 Å². The van der Waals surface area contributed by atoms with Crippen LogP contribution in [0.15, 0.2) is 18.7 Å². The Morgan fingerprint density at radius 3 is 2.58 bits per heavy atom. The summed E-state index contributed by atoms with van der Waals surface area (Å²) in [6.07, 6.45) is 5.08. The number of carboxylic acid groups (broad SMARTS) is 1. The minimum absolute atomic E-state index is 0.190. The van der Waals surface area contributed by atoms with Crippen molar-refractivity contribution in [3.63, 3.8) is 0 Å². The average molecular weight is 189 g/mol. The number of aromatic nitrogens is 2. The van der Waals surface area contributed by atoms with Crippen LogP contribution in [0, 0.1) is 0 Å². The van der Waals surface area contributed by atoms with Gasteiger partial charge in [0.25, 0.3) is 0 Å². The monoisotopic (exact) mass is 189 g/mol. The summed E-state index contributed by atoms with van der Waals surface area (Å²) >= 11 is 3.65. The number of imidazole rings is 1. The van der Waals surface area contributed by atoms with E-state index in [4.69, 9.17) is 10.8 Å². The van der Waals surface area contributed by atoms with Crippen molar-refractivity contribution in [2.75, 3.05) is 5.75 Å². The molecular formula is C6H11N3O2S. The predicted molar refractivity (Wildman–Crippen MR) is 48.1 cm³/mol. The minimum atomic E-state index is -1.00. The van der Waals surface area contributed by atoms with E-state index >= 15 is 0 Å². The van der Waals surface area contributed by atoms with Gasteiger partial charge in [0.15, 0.2) is 0 Å². The zero-order valence-corrected chi connectivity index (χ0v) is 7.24. The summed E-state index contributed by atoms with van der Waals surface area (Å²) in [6, 6.07) is -0.816. The fourth-order valence-corrected chi connectivity index (χ4v) is 0.449. The van der Waals surface area contributed by atoms with Crippen LogP contribution in [-0.4, -0.2) is 32.8 Å². The first-order valence-corrected chi connectivity index (χ1v) is 3.83. The van der Waals surface area contributed by atoms with Gasteiger partial charge in [0.2, 0.25) is 0 Å². The second kappa shape index (κ2) is 6.68. The normalized spacial score (nSPS) is 11.2. The number of aliphatic carboxylic acids is 1. The zero-order valence-electron chi connectivity index (χ0n) is 6.34. The maximum Gasteiger partial charge on any atom is 0.321 e. The zero-order chi connectivity index (χ0) is 9.40. The van der Waals surface area contributed by atoms with Gasteiger partial charge in [0.1, 0.15) is 6.04 Å². The van der Waals surface area contributed by atoms with Gasteiger partial charge < -0.3 is 15.8 Å². The molecule has 6 heteroatoms. The first-order chi connectivity index (χ1) is 5.68. The maximum atomic E-state index is 9.76. The van der Waals surface area contributed by atoms with Crippen molar-refractivity contribution in [2.24, 2.45) is 5.73 Å². The Balaban J connectivity index is 0.000000211. The summed E-state index contributed by atoms with van der Waals surface area (Å²) in [4.78, 5) is 16.2.